The normalized spacial score (nSPS) is 12.5. The molecule has 0 spiro atoms. The lowest BCUT2D eigenvalue weighted by Gasteiger charge is -2.24. The van der Waals surface area contributed by atoms with Crippen LogP contribution in [0, 0.1) is 0 Å². The third kappa shape index (κ3) is 4.30. The van der Waals surface area contributed by atoms with E-state index in [9.17, 15) is 9.59 Å². The summed E-state index contributed by atoms with van der Waals surface area (Å²) in [5.41, 5.74) is -0.361. The summed E-state index contributed by atoms with van der Waals surface area (Å²) in [6, 6.07) is 0. The van der Waals surface area contributed by atoms with Crippen LogP contribution in [-0.2, 0) is 14.3 Å². The summed E-state index contributed by atoms with van der Waals surface area (Å²) in [6.07, 6.45) is 1.03. The molecular formula is C9H14O4. The predicted octanol–water partition coefficient (Wildman–Crippen LogP) is 1.36. The summed E-state index contributed by atoms with van der Waals surface area (Å²) in [7, 11) is 0. The summed E-state index contributed by atoms with van der Waals surface area (Å²) < 4.78 is 4.93. The maximum Gasteiger partial charge on any atom is 0.328 e. The van der Waals surface area contributed by atoms with Gasteiger partial charge < -0.3 is 9.84 Å². The molecule has 0 aromatic carbocycles. The monoisotopic (exact) mass is 186 g/mol. The molecule has 0 saturated heterocycles. The molecule has 0 radical (unpaired) electrons. The molecule has 0 bridgehead atoms. The van der Waals surface area contributed by atoms with Crippen LogP contribution < -0.4 is 0 Å². The average molecular weight is 186 g/mol. The van der Waals surface area contributed by atoms with Gasteiger partial charge in [-0.1, -0.05) is 0 Å². The van der Waals surface area contributed by atoms with Crippen molar-refractivity contribution in [3.8, 4) is 0 Å². The fraction of sp³-hybridized carbons (Fsp3) is 0.556. The van der Waals surface area contributed by atoms with Gasteiger partial charge in [-0.05, 0) is 26.3 Å². The second-order valence-electron chi connectivity index (χ2n) is 3.27. The van der Waals surface area contributed by atoms with Crippen molar-refractivity contribution in [1.82, 2.24) is 0 Å². The maximum atomic E-state index is 10.7. The first kappa shape index (κ1) is 11.7. The molecule has 0 heterocycles. The van der Waals surface area contributed by atoms with Gasteiger partial charge in [0.2, 0.25) is 0 Å². The number of carbonyl (C=O) groups is 2. The lowest BCUT2D eigenvalue weighted by Crippen LogP contribution is -2.28. The van der Waals surface area contributed by atoms with E-state index in [1.54, 1.807) is 20.8 Å². The molecule has 0 atom stereocenters. The fourth-order valence-corrected chi connectivity index (χ4v) is 0.799. The van der Waals surface area contributed by atoms with Crippen molar-refractivity contribution in [3.05, 3.63) is 11.6 Å². The molecule has 1 N–H and O–H groups in total. The van der Waals surface area contributed by atoms with E-state index in [1.807, 2.05) is 0 Å². The van der Waals surface area contributed by atoms with Crippen LogP contribution in [0.2, 0.25) is 0 Å². The average Bonchev–Trinajstić information content (AvgIpc) is 1.81. The summed E-state index contributed by atoms with van der Waals surface area (Å²) in [5.74, 6) is -1.47. The van der Waals surface area contributed by atoms with Crippen molar-refractivity contribution >= 4 is 11.9 Å². The first-order valence-electron chi connectivity index (χ1n) is 3.87. The lowest BCUT2D eigenvalue weighted by atomic mass is 9.99. The topological polar surface area (TPSA) is 63.6 Å². The van der Waals surface area contributed by atoms with E-state index in [1.165, 1.54) is 6.92 Å². The summed E-state index contributed by atoms with van der Waals surface area (Å²) in [4.78, 5) is 21.0. The SMILES string of the molecule is CC(=O)OC(C)(C)C(C)=CC(=O)O. The highest BCUT2D eigenvalue weighted by atomic mass is 16.6. The molecule has 0 fully saturated rings. The standard InChI is InChI=1S/C9H14O4/c1-6(5-8(11)12)9(3,4)13-7(2)10/h5H,1-4H3,(H,11,12). The predicted molar refractivity (Wildman–Crippen MR) is 47.2 cm³/mol. The second-order valence-corrected chi connectivity index (χ2v) is 3.27. The third-order valence-electron chi connectivity index (χ3n) is 1.69. The molecule has 4 nitrogen and oxygen atoms in total. The van der Waals surface area contributed by atoms with E-state index in [-0.39, 0.29) is 0 Å². The molecule has 0 saturated carbocycles. The van der Waals surface area contributed by atoms with Gasteiger partial charge in [0.25, 0.3) is 0 Å². The van der Waals surface area contributed by atoms with Crippen LogP contribution in [0.3, 0.4) is 0 Å². The molecule has 0 unspecified atom stereocenters. The minimum atomic E-state index is -1.04. The van der Waals surface area contributed by atoms with E-state index in [2.05, 4.69) is 0 Å². The highest BCUT2D eigenvalue weighted by molar-refractivity contribution is 5.81. The largest absolute Gasteiger partial charge is 0.478 e. The molecule has 0 amide bonds. The molecule has 0 aliphatic carbocycles. The highest BCUT2D eigenvalue weighted by Crippen LogP contribution is 2.20. The van der Waals surface area contributed by atoms with Crippen LogP contribution in [0.15, 0.2) is 11.6 Å². The fourth-order valence-electron chi connectivity index (χ4n) is 0.799. The van der Waals surface area contributed by atoms with Crippen LogP contribution in [0.5, 0.6) is 0 Å². The zero-order chi connectivity index (χ0) is 10.6. The van der Waals surface area contributed by atoms with E-state index >= 15 is 0 Å². The van der Waals surface area contributed by atoms with Crippen LogP contribution >= 0.6 is 0 Å². The van der Waals surface area contributed by atoms with Gasteiger partial charge in [-0.2, -0.15) is 0 Å². The Balaban J connectivity index is 4.62. The molecule has 0 aliphatic rings. The number of carbonyl (C=O) groups excluding carboxylic acids is 1. The minimum Gasteiger partial charge on any atom is -0.478 e. The van der Waals surface area contributed by atoms with Gasteiger partial charge in [-0.25, -0.2) is 4.79 Å². The van der Waals surface area contributed by atoms with Crippen molar-refractivity contribution in [2.45, 2.75) is 33.3 Å². The number of ether oxygens (including phenoxy) is 1. The Bertz CT molecular complexity index is 250. The van der Waals surface area contributed by atoms with Crippen LogP contribution in [0.25, 0.3) is 0 Å². The Morgan fingerprint density at radius 3 is 2.08 bits per heavy atom. The molecule has 0 aromatic heterocycles. The Hall–Kier alpha value is -1.32. The molecule has 0 aromatic rings. The number of esters is 1. The summed E-state index contributed by atoms with van der Waals surface area (Å²) in [5, 5.41) is 8.46. The first-order chi connectivity index (χ1) is 5.75. The summed E-state index contributed by atoms with van der Waals surface area (Å²) >= 11 is 0. The number of rotatable bonds is 3. The number of aliphatic carboxylic acids is 1. The number of carboxylic acid groups (broad SMARTS) is 1. The van der Waals surface area contributed by atoms with Crippen molar-refractivity contribution in [2.24, 2.45) is 0 Å². The highest BCUT2D eigenvalue weighted by Gasteiger charge is 2.23. The zero-order valence-corrected chi connectivity index (χ0v) is 8.25. The zero-order valence-electron chi connectivity index (χ0n) is 8.25. The Labute approximate surface area is 77.2 Å². The quantitative estimate of drug-likeness (QED) is 0.534. The van der Waals surface area contributed by atoms with Crippen LogP contribution in [-0.4, -0.2) is 22.6 Å². The van der Waals surface area contributed by atoms with Crippen molar-refractivity contribution < 1.29 is 19.4 Å². The van der Waals surface area contributed by atoms with Crippen molar-refractivity contribution in [2.75, 3.05) is 0 Å². The molecule has 74 valence electrons. The Kier molecular flexibility index (Phi) is 3.66. The van der Waals surface area contributed by atoms with E-state index in [0.717, 1.165) is 6.08 Å². The molecule has 0 rings (SSSR count). The van der Waals surface area contributed by atoms with Crippen LogP contribution in [0.1, 0.15) is 27.7 Å². The smallest absolute Gasteiger partial charge is 0.328 e. The van der Waals surface area contributed by atoms with Gasteiger partial charge in [0.1, 0.15) is 5.60 Å². The van der Waals surface area contributed by atoms with Gasteiger partial charge in [0.15, 0.2) is 0 Å². The Morgan fingerprint density at radius 1 is 1.31 bits per heavy atom. The number of hydrogen-bond acceptors (Lipinski definition) is 3. The molecule has 4 heteroatoms. The van der Waals surface area contributed by atoms with Gasteiger partial charge in [-0.15, -0.1) is 0 Å². The summed E-state index contributed by atoms with van der Waals surface area (Å²) in [6.45, 7) is 6.18. The minimum absolute atomic E-state index is 0.428. The van der Waals surface area contributed by atoms with E-state index in [4.69, 9.17) is 9.84 Å². The van der Waals surface area contributed by atoms with E-state index in [0.29, 0.717) is 5.57 Å². The van der Waals surface area contributed by atoms with Gasteiger partial charge in [-0.3, -0.25) is 4.79 Å². The van der Waals surface area contributed by atoms with Crippen molar-refractivity contribution in [3.63, 3.8) is 0 Å². The van der Waals surface area contributed by atoms with Gasteiger partial charge in [0.05, 0.1) is 0 Å². The molecule has 13 heavy (non-hydrogen) atoms. The Morgan fingerprint density at radius 2 is 1.77 bits per heavy atom. The van der Waals surface area contributed by atoms with E-state index < -0.39 is 17.5 Å². The first-order valence-corrected chi connectivity index (χ1v) is 3.87. The lowest BCUT2D eigenvalue weighted by molar-refractivity contribution is -0.150. The van der Waals surface area contributed by atoms with Gasteiger partial charge in [0, 0.05) is 13.0 Å². The number of carboxylic acids is 1. The van der Waals surface area contributed by atoms with Crippen molar-refractivity contribution in [1.29, 1.82) is 0 Å². The second kappa shape index (κ2) is 4.07. The maximum absolute atomic E-state index is 10.7. The number of hydrogen-bond donors (Lipinski definition) is 1. The molecule has 0 aliphatic heterocycles. The third-order valence-corrected chi connectivity index (χ3v) is 1.69. The van der Waals surface area contributed by atoms with Crippen LogP contribution in [0.4, 0.5) is 0 Å². The molecular weight excluding hydrogens is 172 g/mol. The van der Waals surface area contributed by atoms with Gasteiger partial charge >= 0.3 is 11.9 Å².